The summed E-state index contributed by atoms with van der Waals surface area (Å²) in [5.74, 6) is -2.43. The molecule has 4 aliphatic heterocycles. The average Bonchev–Trinajstić information content (AvgIpc) is 1.25. The molecule has 756 valence electrons. The van der Waals surface area contributed by atoms with Crippen LogP contribution in [0.4, 0.5) is 45.5 Å². The molecule has 0 aliphatic carbocycles. The Balaban J connectivity index is 0.000000168. The lowest BCUT2D eigenvalue weighted by atomic mass is 9.92. The highest BCUT2D eigenvalue weighted by Gasteiger charge is 2.41. The molecule has 0 amide bonds. The third-order valence-corrected chi connectivity index (χ3v) is 31.0. The Morgan fingerprint density at radius 2 is 0.709 bits per heavy atom. The summed E-state index contributed by atoms with van der Waals surface area (Å²) in [7, 11) is -31.6. The van der Waals surface area contributed by atoms with Gasteiger partial charge in [0.2, 0.25) is 40.1 Å². The summed E-state index contributed by atoms with van der Waals surface area (Å²) in [6, 6.07) is 24.7. The number of hydrogen-bond donors (Lipinski definition) is 15. The normalized spacial score (nSPS) is 17.9. The summed E-state index contributed by atoms with van der Waals surface area (Å²) in [5.41, 5.74) is -1.24. The molecular formula is C88H110N20O24P4S5. The second kappa shape index (κ2) is 40.6. The Morgan fingerprint density at radius 3 is 1.03 bits per heavy atom. The minimum Gasteiger partial charge on any atom is -0.507 e. The van der Waals surface area contributed by atoms with E-state index in [0.717, 1.165) is 29.9 Å². The number of aromatic hydroxyl groups is 4. The second-order valence-electron chi connectivity index (χ2n) is 38.2. The molecule has 0 saturated carbocycles. The fourth-order valence-electron chi connectivity index (χ4n) is 14.3. The summed E-state index contributed by atoms with van der Waals surface area (Å²) in [4.78, 5) is 86.3. The standard InChI is InChI=1S/C24H31N6O6PS.C23H27N4O6PS2.C22H27N6O6PS.C19H25N4O6PS/c1-6-36-37(33)19-14-16(28-38(5,34)35)8-9-17(19)26-22(27-37)20-21(31)18(30-12-7-11-25-30)15-29(23(20)32)13-10-24(2,3)4;1-23(2,3)9-10-27-13-15(18-6-5-11-35-18)20(28)19(22(27)29)21-24-16-8-7-14(26-36(4,32)33)12-17(16)34(30,31)25-21;1-22(2,3)8-11-27-13-16(28-10-5-9-23-28)19(29)18(21(27)30)20-24-15-7-6-14(26-36(4,33)34)12-17(15)35(31,32)25-20;1-19(2,3)8-10-23-9-7-14(24)16(18(23)25)17-20-13-6-5-12(22-31(4,28)29)11-15(13)30(26,27)21-17/h7-9,11-12,14-15,28,31H,6,10,13H2,1-5H3,(H,26,27,33);5-8,11-13,26,28H,9-10H2,1-4H3,(H2,24,25,30,31);5-7,9-10,12-13,26,29H,8,11H2,1-4H3,(H2,24,25,31,32);5-7,9,11,22,24H,8,10H2,1-4H3,(H2,20,21,26,27). The van der Waals surface area contributed by atoms with Gasteiger partial charge in [-0.05, 0) is 157 Å². The van der Waals surface area contributed by atoms with Crippen molar-refractivity contribution in [2.45, 2.75) is 142 Å². The summed E-state index contributed by atoms with van der Waals surface area (Å²) in [6.45, 7) is 27.7. The van der Waals surface area contributed by atoms with Gasteiger partial charge in [-0.25, -0.2) is 43.0 Å². The van der Waals surface area contributed by atoms with Crippen molar-refractivity contribution in [1.29, 1.82) is 0 Å². The molecule has 11 heterocycles. The van der Waals surface area contributed by atoms with Gasteiger partial charge in [-0.2, -0.15) is 29.2 Å². The number of nitrogens with zero attached hydrogens (tertiary/aromatic N) is 12. The first-order chi connectivity index (χ1) is 65.2. The first-order valence-electron chi connectivity index (χ1n) is 43.2. The second-order valence-corrected chi connectivity index (χ2v) is 53.5. The number of aryl methyl sites for hydroxylation is 4. The van der Waals surface area contributed by atoms with E-state index in [1.165, 1.54) is 143 Å². The molecule has 0 radical (unpaired) electrons. The zero-order valence-corrected chi connectivity index (χ0v) is 87.3. The van der Waals surface area contributed by atoms with Crippen LogP contribution in [0.15, 0.2) is 196 Å². The number of hydrogen-bond acceptors (Lipinski definition) is 28. The Kier molecular flexibility index (Phi) is 30.9. The molecular weight excluding hydrogens is 2010 g/mol. The predicted molar refractivity (Wildman–Crippen MR) is 551 cm³/mol. The topological polar surface area (TPSA) is 625 Å². The van der Waals surface area contributed by atoms with E-state index in [2.05, 4.69) is 111 Å². The Hall–Kier alpha value is -12.4. The summed E-state index contributed by atoms with van der Waals surface area (Å²) in [6.07, 6.45) is 18.9. The number of fused-ring (bicyclic) bond motifs is 4. The molecule has 44 nitrogen and oxygen atoms in total. The zero-order chi connectivity index (χ0) is 104. The van der Waals surface area contributed by atoms with Gasteiger partial charge in [-0.3, -0.25) is 56.3 Å². The van der Waals surface area contributed by atoms with Crippen LogP contribution >= 0.6 is 41.4 Å². The molecule has 53 heteroatoms. The molecule has 11 aromatic rings. The van der Waals surface area contributed by atoms with Gasteiger partial charge < -0.3 is 79.2 Å². The third-order valence-electron chi connectivity index (χ3n) is 21.2. The van der Waals surface area contributed by atoms with Gasteiger partial charge in [0.15, 0.2) is 34.8 Å². The van der Waals surface area contributed by atoms with Crippen LogP contribution in [0, 0.1) is 21.7 Å². The maximum Gasteiger partial charge on any atom is 0.348 e. The molecule has 0 bridgehead atoms. The van der Waals surface area contributed by atoms with Crippen LogP contribution in [-0.2, 0) is 89.1 Å². The van der Waals surface area contributed by atoms with Crippen LogP contribution in [0.1, 0.15) is 138 Å². The van der Waals surface area contributed by atoms with Crippen molar-refractivity contribution in [1.82, 2.24) is 37.8 Å². The molecule has 7 aromatic heterocycles. The van der Waals surface area contributed by atoms with Crippen molar-refractivity contribution in [3.05, 3.63) is 222 Å². The van der Waals surface area contributed by atoms with Gasteiger partial charge in [-0.1, -0.05) is 89.2 Å². The number of thiophene rings is 1. The molecule has 15 rings (SSSR count). The molecule has 0 fully saturated rings. The van der Waals surface area contributed by atoms with E-state index in [1.807, 2.05) is 53.0 Å². The highest BCUT2D eigenvalue weighted by atomic mass is 32.2. The lowest BCUT2D eigenvalue weighted by Crippen LogP contribution is -2.34. The number of benzene rings is 4. The highest BCUT2D eigenvalue weighted by molar-refractivity contribution is 7.92. The van der Waals surface area contributed by atoms with Crippen molar-refractivity contribution in [3.8, 4) is 44.8 Å². The van der Waals surface area contributed by atoms with Gasteiger partial charge in [0.1, 0.15) is 45.1 Å². The molecule has 0 saturated heterocycles. The number of nitrogens with one attached hydrogen (secondary N) is 8. The van der Waals surface area contributed by atoms with Crippen molar-refractivity contribution in [3.63, 3.8) is 0 Å². The van der Waals surface area contributed by atoms with E-state index in [1.54, 1.807) is 49.9 Å². The average molecular weight is 2120 g/mol. The van der Waals surface area contributed by atoms with Crippen molar-refractivity contribution in [2.75, 3.05) is 71.8 Å². The van der Waals surface area contributed by atoms with Crippen LogP contribution in [-0.4, -0.2) is 162 Å². The van der Waals surface area contributed by atoms with Gasteiger partial charge >= 0.3 is 30.1 Å². The first kappa shape index (κ1) is 107. The van der Waals surface area contributed by atoms with E-state index in [0.29, 0.717) is 63.1 Å². The summed E-state index contributed by atoms with van der Waals surface area (Å²) in [5, 5.41) is 65.3. The van der Waals surface area contributed by atoms with Crippen LogP contribution in [0.5, 0.6) is 23.0 Å². The van der Waals surface area contributed by atoms with Gasteiger partial charge in [0.05, 0.1) is 81.2 Å². The quantitative estimate of drug-likeness (QED) is 0.0236. The van der Waals surface area contributed by atoms with Gasteiger partial charge in [0.25, 0.3) is 22.2 Å². The molecule has 141 heavy (non-hydrogen) atoms. The maximum atomic E-state index is 14.0. The molecule has 4 atom stereocenters. The Labute approximate surface area is 816 Å². The fraction of sp³-hybridized carbons (Fsp3) is 0.341. The molecule has 4 unspecified atom stereocenters. The van der Waals surface area contributed by atoms with Crippen LogP contribution in [0.25, 0.3) is 21.8 Å². The number of pyridine rings is 4. The third kappa shape index (κ3) is 26.9. The number of aromatic nitrogens is 8. The number of sulfonamides is 4. The van der Waals surface area contributed by atoms with Crippen LogP contribution in [0.2, 0.25) is 0 Å². The van der Waals surface area contributed by atoms with Crippen LogP contribution < -0.4 is 83.6 Å². The van der Waals surface area contributed by atoms with E-state index in [4.69, 9.17) is 4.52 Å². The largest absolute Gasteiger partial charge is 0.507 e. The smallest absolute Gasteiger partial charge is 0.348 e. The first-order valence-corrected chi connectivity index (χ1v) is 58.1. The van der Waals surface area contributed by atoms with Crippen molar-refractivity contribution >= 4 is 172 Å². The lowest BCUT2D eigenvalue weighted by Gasteiger charge is -2.26. The number of anilines is 8. The number of amidine groups is 4. The van der Waals surface area contributed by atoms with Crippen molar-refractivity contribution < 1.29 is 91.6 Å². The summed E-state index contributed by atoms with van der Waals surface area (Å²) < 4.78 is 185. The van der Waals surface area contributed by atoms with E-state index in [-0.39, 0.29) is 164 Å². The minimum absolute atomic E-state index is 0.0183. The molecule has 4 aromatic carbocycles. The monoisotopic (exact) mass is 2110 g/mol. The van der Waals surface area contributed by atoms with Crippen LogP contribution in [0.3, 0.4) is 0 Å². The summed E-state index contributed by atoms with van der Waals surface area (Å²) >= 11 is 1.38. The molecule has 0 spiro atoms. The predicted octanol–water partition coefficient (Wildman–Crippen LogP) is 11.3. The van der Waals surface area contributed by atoms with Gasteiger partial charge in [-0.15, -0.1) is 11.3 Å². The fourth-order valence-corrected chi connectivity index (χ4v) is 22.9. The molecule has 4 aliphatic rings. The Morgan fingerprint density at radius 1 is 0.397 bits per heavy atom. The van der Waals surface area contributed by atoms with Crippen molar-refractivity contribution in [2.24, 2.45) is 40.7 Å². The SMILES string of the molecule is CC(C)(C)CCn1cc(-c2cccs2)c(O)c(C2=NP(=O)(O)c3cc(NS(C)(=O)=O)ccc3N2)c1=O.CC(C)(C)CCn1cc(-n2cccn2)c(O)c(C2=NP(=O)(O)c3cc(NS(C)(=O)=O)ccc3N2)c1=O.CC(C)(C)CCn1ccc(O)c(C2=NP(=O)(O)c3cc(NS(C)(=O)=O)ccc3N2)c1=O.CCOP1(=O)N=C(c2c(O)c(-n3cccn3)cn(CCC(C)(C)C)c2=O)Nc2ccc(NS(C)(=O)=O)cc21. The Bertz CT molecular complexity index is 7620. The van der Waals surface area contributed by atoms with E-state index < -0.39 is 98.2 Å². The maximum absolute atomic E-state index is 14.0. The lowest BCUT2D eigenvalue weighted by molar-refractivity contribution is 0.341. The minimum atomic E-state index is -4.45. The highest BCUT2D eigenvalue weighted by Crippen LogP contribution is 2.54. The van der Waals surface area contributed by atoms with E-state index in [9.17, 15) is 106 Å². The molecule has 15 N–H and O–H groups in total. The van der Waals surface area contributed by atoms with E-state index >= 15 is 0 Å². The number of rotatable bonds is 25. The van der Waals surface area contributed by atoms with Gasteiger partial charge in [0, 0.05) is 103 Å². The zero-order valence-electron chi connectivity index (χ0n) is 79.6.